The molecule has 1 aromatic rings. The van der Waals surface area contributed by atoms with Crippen molar-refractivity contribution in [1.29, 1.82) is 0 Å². The van der Waals surface area contributed by atoms with E-state index in [1.165, 1.54) is 32.1 Å². The molecule has 1 aliphatic carbocycles. The maximum Gasteiger partial charge on any atom is 0.161 e. The van der Waals surface area contributed by atoms with E-state index in [1.807, 2.05) is 24.3 Å². The summed E-state index contributed by atoms with van der Waals surface area (Å²) in [7, 11) is 1.69. The van der Waals surface area contributed by atoms with Gasteiger partial charge in [0.15, 0.2) is 11.5 Å². The highest BCUT2D eigenvalue weighted by atomic mass is 79.9. The van der Waals surface area contributed by atoms with Gasteiger partial charge in [-0.2, -0.15) is 0 Å². The van der Waals surface area contributed by atoms with E-state index in [4.69, 9.17) is 9.47 Å². The quantitative estimate of drug-likeness (QED) is 0.606. The van der Waals surface area contributed by atoms with Gasteiger partial charge in [-0.1, -0.05) is 47.8 Å². The number of hydrogen-bond donors (Lipinski definition) is 0. The van der Waals surface area contributed by atoms with Crippen molar-refractivity contribution < 1.29 is 9.47 Å². The van der Waals surface area contributed by atoms with Gasteiger partial charge in [-0.15, -0.1) is 0 Å². The second-order valence-electron chi connectivity index (χ2n) is 6.03. The van der Waals surface area contributed by atoms with Crippen LogP contribution in [0.5, 0.6) is 11.5 Å². The molecule has 0 saturated heterocycles. The minimum Gasteiger partial charge on any atom is -0.493 e. The summed E-state index contributed by atoms with van der Waals surface area (Å²) in [4.78, 5) is 0.659. The van der Waals surface area contributed by atoms with Crippen LogP contribution in [0.3, 0.4) is 0 Å². The molecule has 3 unspecified atom stereocenters. The van der Waals surface area contributed by atoms with Crippen LogP contribution < -0.4 is 9.47 Å². The molecule has 0 amide bonds. The summed E-state index contributed by atoms with van der Waals surface area (Å²) in [6, 6.07) is 7.88. The molecule has 0 radical (unpaired) electrons. The van der Waals surface area contributed by atoms with Crippen LogP contribution in [-0.2, 0) is 0 Å². The molecule has 1 fully saturated rings. The van der Waals surface area contributed by atoms with Crippen LogP contribution in [0.25, 0.3) is 0 Å². The molecule has 0 aliphatic heterocycles. The van der Waals surface area contributed by atoms with Crippen molar-refractivity contribution in [2.24, 2.45) is 11.8 Å². The Kier molecular flexibility index (Phi) is 6.88. The van der Waals surface area contributed by atoms with Crippen molar-refractivity contribution in [3.63, 3.8) is 0 Å². The minimum atomic E-state index is 0.659. The van der Waals surface area contributed by atoms with Crippen molar-refractivity contribution >= 4 is 15.9 Å². The van der Waals surface area contributed by atoms with Crippen LogP contribution in [0.1, 0.15) is 45.4 Å². The maximum absolute atomic E-state index is 5.93. The average Bonchev–Trinajstić information content (AvgIpc) is 2.51. The van der Waals surface area contributed by atoms with Crippen molar-refractivity contribution in [1.82, 2.24) is 0 Å². The molecule has 3 heteroatoms. The van der Waals surface area contributed by atoms with Gasteiger partial charge in [0.1, 0.15) is 0 Å². The molecule has 2 rings (SSSR count). The van der Waals surface area contributed by atoms with Gasteiger partial charge >= 0.3 is 0 Å². The van der Waals surface area contributed by atoms with Crippen molar-refractivity contribution in [2.75, 3.05) is 13.7 Å². The van der Waals surface area contributed by atoms with E-state index in [2.05, 4.69) is 22.9 Å². The van der Waals surface area contributed by atoms with Gasteiger partial charge in [0.25, 0.3) is 0 Å². The number of halogens is 1. The molecule has 0 spiro atoms. The van der Waals surface area contributed by atoms with Gasteiger partial charge in [0.05, 0.1) is 13.7 Å². The molecule has 0 N–H and O–H groups in total. The largest absolute Gasteiger partial charge is 0.493 e. The van der Waals surface area contributed by atoms with Crippen LogP contribution in [0, 0.1) is 11.8 Å². The summed E-state index contributed by atoms with van der Waals surface area (Å²) in [5.41, 5.74) is 0. The molecule has 1 aromatic carbocycles. The van der Waals surface area contributed by atoms with Crippen molar-refractivity contribution in [3.8, 4) is 11.5 Å². The molecular weight excluding hydrogens is 328 g/mol. The number of benzene rings is 1. The second-order valence-corrected chi connectivity index (χ2v) is 7.21. The van der Waals surface area contributed by atoms with Crippen LogP contribution in [-0.4, -0.2) is 18.5 Å². The molecule has 1 aliphatic rings. The number of methoxy groups -OCH3 is 1. The number of rotatable bonds is 7. The average molecular weight is 355 g/mol. The van der Waals surface area contributed by atoms with Gasteiger partial charge in [0, 0.05) is 4.83 Å². The Hall–Kier alpha value is -0.700. The first-order chi connectivity index (χ1) is 10.2. The summed E-state index contributed by atoms with van der Waals surface area (Å²) in [6.45, 7) is 3.06. The van der Waals surface area contributed by atoms with E-state index in [9.17, 15) is 0 Å². The molecule has 2 nitrogen and oxygen atoms in total. The lowest BCUT2D eigenvalue weighted by Crippen LogP contribution is -2.26. The molecule has 3 atom stereocenters. The predicted molar refractivity (Wildman–Crippen MR) is 91.6 cm³/mol. The Morgan fingerprint density at radius 1 is 1.14 bits per heavy atom. The number of para-hydroxylation sites is 2. The van der Waals surface area contributed by atoms with Gasteiger partial charge in [-0.3, -0.25) is 0 Å². The molecule has 118 valence electrons. The fraction of sp³-hybridized carbons (Fsp3) is 0.667. The third kappa shape index (κ3) is 4.91. The highest BCUT2D eigenvalue weighted by molar-refractivity contribution is 9.09. The third-order valence-corrected chi connectivity index (χ3v) is 5.72. The normalized spacial score (nSPS) is 25.6. The van der Waals surface area contributed by atoms with E-state index in [-0.39, 0.29) is 0 Å². The Labute approximate surface area is 137 Å². The summed E-state index contributed by atoms with van der Waals surface area (Å²) in [5, 5.41) is 0. The molecule has 0 bridgehead atoms. The number of hydrogen-bond acceptors (Lipinski definition) is 2. The number of ether oxygens (including phenoxy) is 2. The fourth-order valence-electron chi connectivity index (χ4n) is 3.35. The topological polar surface area (TPSA) is 18.5 Å². The summed E-state index contributed by atoms with van der Waals surface area (Å²) >= 11 is 3.87. The molecule has 0 heterocycles. The maximum atomic E-state index is 5.93. The smallest absolute Gasteiger partial charge is 0.161 e. The van der Waals surface area contributed by atoms with Gasteiger partial charge in [-0.05, 0) is 49.7 Å². The van der Waals surface area contributed by atoms with E-state index in [1.54, 1.807) is 7.11 Å². The lowest BCUT2D eigenvalue weighted by atomic mass is 9.78. The summed E-state index contributed by atoms with van der Waals surface area (Å²) < 4.78 is 11.3. The first kappa shape index (κ1) is 16.7. The van der Waals surface area contributed by atoms with Crippen molar-refractivity contribution in [3.05, 3.63) is 24.3 Å². The monoisotopic (exact) mass is 354 g/mol. The SMILES string of the molecule is CCCC1CCC(Br)C(CCOc2ccccc2OC)C1. The summed E-state index contributed by atoms with van der Waals surface area (Å²) in [6.07, 6.45) is 7.84. The zero-order chi connectivity index (χ0) is 15.1. The molecular formula is C18H27BrO2. The van der Waals surface area contributed by atoms with Gasteiger partial charge in [-0.25, -0.2) is 0 Å². The predicted octanol–water partition coefficient (Wildman–Crippen LogP) is 5.44. The first-order valence-electron chi connectivity index (χ1n) is 8.14. The zero-order valence-electron chi connectivity index (χ0n) is 13.2. The van der Waals surface area contributed by atoms with Crippen LogP contribution in [0.15, 0.2) is 24.3 Å². The van der Waals surface area contributed by atoms with Gasteiger partial charge in [0.2, 0.25) is 0 Å². The van der Waals surface area contributed by atoms with E-state index in [0.717, 1.165) is 36.4 Å². The van der Waals surface area contributed by atoms with Crippen LogP contribution >= 0.6 is 15.9 Å². The van der Waals surface area contributed by atoms with Gasteiger partial charge < -0.3 is 9.47 Å². The molecule has 1 saturated carbocycles. The lowest BCUT2D eigenvalue weighted by Gasteiger charge is -2.33. The Balaban J connectivity index is 1.81. The minimum absolute atomic E-state index is 0.659. The van der Waals surface area contributed by atoms with E-state index in [0.29, 0.717) is 4.83 Å². The first-order valence-corrected chi connectivity index (χ1v) is 9.06. The standard InChI is InChI=1S/C18H27BrO2/c1-3-6-14-9-10-16(19)15(13-14)11-12-21-18-8-5-4-7-17(18)20-2/h4-5,7-8,14-16H,3,6,9-13H2,1-2H3. The number of alkyl halides is 1. The Morgan fingerprint density at radius 3 is 2.62 bits per heavy atom. The highest BCUT2D eigenvalue weighted by Crippen LogP contribution is 2.38. The Bertz CT molecular complexity index is 421. The fourth-order valence-corrected chi connectivity index (χ4v) is 4.10. The lowest BCUT2D eigenvalue weighted by molar-refractivity contribution is 0.208. The third-order valence-electron chi connectivity index (χ3n) is 4.51. The zero-order valence-corrected chi connectivity index (χ0v) is 14.8. The molecule has 0 aromatic heterocycles. The Morgan fingerprint density at radius 2 is 1.90 bits per heavy atom. The van der Waals surface area contributed by atoms with E-state index < -0.39 is 0 Å². The highest BCUT2D eigenvalue weighted by Gasteiger charge is 2.28. The second kappa shape index (κ2) is 8.67. The van der Waals surface area contributed by atoms with E-state index >= 15 is 0 Å². The van der Waals surface area contributed by atoms with Crippen molar-refractivity contribution in [2.45, 2.75) is 50.3 Å². The summed E-state index contributed by atoms with van der Waals surface area (Å²) in [5.74, 6) is 3.33. The van der Waals surface area contributed by atoms with Crippen LogP contribution in [0.4, 0.5) is 0 Å². The van der Waals surface area contributed by atoms with Crippen LogP contribution in [0.2, 0.25) is 0 Å². The molecule has 21 heavy (non-hydrogen) atoms.